The molecule has 0 amide bonds. The fraction of sp³-hybridized carbons (Fsp3) is 0.652. The molecule has 4 N–H and O–H groups in total. The molecule has 1 aliphatic carbocycles. The average Bonchev–Trinajstić information content (AvgIpc) is 3.29. The highest BCUT2D eigenvalue weighted by molar-refractivity contribution is 5.80. The standard InChI is InChI=1S/C23H32N4O6/c1-14(28)10-15-16-6-7-18(27(16)26-13-25-15)22(2)21(31)20(30)17(33-22)12-32-19(29)11-23(24)8-4-3-5-9-23/h6-7,13,17,20-21,30-31H,3-5,8-12,24H2,1-2H3/t17-,20-,21-,22+/m1/s1. The van der Waals surface area contributed by atoms with Gasteiger partial charge in [0.15, 0.2) is 0 Å². The van der Waals surface area contributed by atoms with Crippen LogP contribution in [0.1, 0.15) is 63.8 Å². The summed E-state index contributed by atoms with van der Waals surface area (Å²) in [4.78, 5) is 28.2. The lowest BCUT2D eigenvalue weighted by molar-refractivity contribution is -0.153. The van der Waals surface area contributed by atoms with Crippen molar-refractivity contribution in [3.63, 3.8) is 0 Å². The first-order valence-corrected chi connectivity index (χ1v) is 11.4. The van der Waals surface area contributed by atoms with E-state index in [2.05, 4.69) is 10.1 Å². The summed E-state index contributed by atoms with van der Waals surface area (Å²) >= 11 is 0. The van der Waals surface area contributed by atoms with Gasteiger partial charge in [-0.05, 0) is 38.8 Å². The van der Waals surface area contributed by atoms with Crippen molar-refractivity contribution < 1.29 is 29.3 Å². The molecule has 10 nitrogen and oxygen atoms in total. The fourth-order valence-corrected chi connectivity index (χ4v) is 5.01. The summed E-state index contributed by atoms with van der Waals surface area (Å²) in [6, 6.07) is 3.47. The number of nitrogens with zero attached hydrogens (tertiary/aromatic N) is 3. The Hall–Kier alpha value is -2.40. The van der Waals surface area contributed by atoms with Gasteiger partial charge in [-0.15, -0.1) is 0 Å². The first kappa shape index (κ1) is 23.7. The van der Waals surface area contributed by atoms with Gasteiger partial charge in [-0.1, -0.05) is 19.3 Å². The third kappa shape index (κ3) is 4.65. The minimum Gasteiger partial charge on any atom is -0.463 e. The molecule has 2 aliphatic rings. The Morgan fingerprint density at radius 3 is 2.70 bits per heavy atom. The molecule has 0 unspecified atom stereocenters. The lowest BCUT2D eigenvalue weighted by atomic mass is 9.80. The quantitative estimate of drug-likeness (QED) is 0.510. The van der Waals surface area contributed by atoms with Crippen LogP contribution in [0.5, 0.6) is 0 Å². The monoisotopic (exact) mass is 460 g/mol. The van der Waals surface area contributed by atoms with E-state index in [9.17, 15) is 19.8 Å². The number of aliphatic hydroxyl groups is 2. The zero-order valence-corrected chi connectivity index (χ0v) is 19.1. The number of carbonyl (C=O) groups excluding carboxylic acids is 2. The van der Waals surface area contributed by atoms with E-state index in [1.165, 1.54) is 13.3 Å². The van der Waals surface area contributed by atoms with Gasteiger partial charge in [0.05, 0.1) is 29.7 Å². The van der Waals surface area contributed by atoms with Gasteiger partial charge in [-0.25, -0.2) is 9.50 Å². The molecule has 180 valence electrons. The largest absolute Gasteiger partial charge is 0.463 e. The minimum atomic E-state index is -1.32. The van der Waals surface area contributed by atoms with Gasteiger partial charge in [-0.3, -0.25) is 9.59 Å². The zero-order valence-electron chi connectivity index (χ0n) is 19.1. The third-order valence-electron chi connectivity index (χ3n) is 6.88. The number of ether oxygens (including phenoxy) is 2. The van der Waals surface area contributed by atoms with Crippen molar-refractivity contribution in [2.75, 3.05) is 6.61 Å². The molecule has 0 bridgehead atoms. The van der Waals surface area contributed by atoms with Crippen LogP contribution in [0.15, 0.2) is 18.5 Å². The van der Waals surface area contributed by atoms with E-state index in [-0.39, 0.29) is 25.2 Å². The van der Waals surface area contributed by atoms with E-state index >= 15 is 0 Å². The van der Waals surface area contributed by atoms with Crippen LogP contribution in [-0.2, 0) is 31.1 Å². The second-order valence-corrected chi connectivity index (χ2v) is 9.58. The molecule has 10 heteroatoms. The number of hydrogen-bond acceptors (Lipinski definition) is 9. The Morgan fingerprint density at radius 1 is 1.27 bits per heavy atom. The van der Waals surface area contributed by atoms with Crippen LogP contribution in [0.25, 0.3) is 5.52 Å². The molecule has 1 saturated carbocycles. The maximum absolute atomic E-state index is 12.4. The van der Waals surface area contributed by atoms with Gasteiger partial charge >= 0.3 is 5.97 Å². The Balaban J connectivity index is 1.47. The van der Waals surface area contributed by atoms with Crippen molar-refractivity contribution in [2.24, 2.45) is 5.73 Å². The number of aliphatic hydroxyl groups excluding tert-OH is 2. The minimum absolute atomic E-state index is 0.0356. The fourth-order valence-electron chi connectivity index (χ4n) is 5.01. The number of fused-ring (bicyclic) bond motifs is 1. The number of esters is 1. The van der Waals surface area contributed by atoms with Crippen LogP contribution in [0.3, 0.4) is 0 Å². The number of ketones is 1. The van der Waals surface area contributed by atoms with Crippen LogP contribution < -0.4 is 5.73 Å². The summed E-state index contributed by atoms with van der Waals surface area (Å²) in [5, 5.41) is 25.8. The van der Waals surface area contributed by atoms with Gasteiger partial charge in [0.2, 0.25) is 0 Å². The van der Waals surface area contributed by atoms with E-state index in [4.69, 9.17) is 15.2 Å². The predicted octanol–water partition coefficient (Wildman–Crippen LogP) is 0.792. The summed E-state index contributed by atoms with van der Waals surface area (Å²) in [5.41, 5.74) is 6.15. The van der Waals surface area contributed by atoms with Gasteiger partial charge in [0.25, 0.3) is 0 Å². The highest BCUT2D eigenvalue weighted by Gasteiger charge is 2.54. The van der Waals surface area contributed by atoms with Crippen molar-refractivity contribution >= 4 is 17.3 Å². The Labute approximate surface area is 192 Å². The molecular formula is C23H32N4O6. The normalized spacial score (nSPS) is 29.3. The summed E-state index contributed by atoms with van der Waals surface area (Å²) in [5.74, 6) is -0.473. The lowest BCUT2D eigenvalue weighted by Gasteiger charge is -2.32. The number of aromatic nitrogens is 3. The van der Waals surface area contributed by atoms with Crippen molar-refractivity contribution in [3.8, 4) is 0 Å². The van der Waals surface area contributed by atoms with E-state index in [0.29, 0.717) is 16.9 Å². The number of Topliss-reactive ketones (excluding diaryl/α,β-unsaturated/α-hetero) is 1. The van der Waals surface area contributed by atoms with Crippen LogP contribution >= 0.6 is 0 Å². The third-order valence-corrected chi connectivity index (χ3v) is 6.88. The predicted molar refractivity (Wildman–Crippen MR) is 117 cm³/mol. The Morgan fingerprint density at radius 2 is 2.00 bits per heavy atom. The highest BCUT2D eigenvalue weighted by atomic mass is 16.6. The molecule has 0 spiro atoms. The maximum atomic E-state index is 12.4. The molecule has 2 aromatic rings. The summed E-state index contributed by atoms with van der Waals surface area (Å²) < 4.78 is 13.0. The van der Waals surface area contributed by atoms with E-state index < -0.39 is 35.4 Å². The molecule has 0 radical (unpaired) electrons. The maximum Gasteiger partial charge on any atom is 0.307 e. The van der Waals surface area contributed by atoms with Crippen molar-refractivity contribution in [1.29, 1.82) is 0 Å². The van der Waals surface area contributed by atoms with E-state index in [0.717, 1.165) is 32.1 Å². The first-order valence-electron chi connectivity index (χ1n) is 11.4. The molecule has 1 aliphatic heterocycles. The number of carbonyl (C=O) groups is 2. The molecule has 2 fully saturated rings. The summed E-state index contributed by atoms with van der Waals surface area (Å²) in [6.07, 6.45) is 2.84. The van der Waals surface area contributed by atoms with E-state index in [1.807, 2.05) is 0 Å². The van der Waals surface area contributed by atoms with Gasteiger partial charge in [0.1, 0.15) is 42.6 Å². The molecule has 3 heterocycles. The van der Waals surface area contributed by atoms with Gasteiger partial charge < -0.3 is 25.4 Å². The number of nitrogens with two attached hydrogens (primary N) is 1. The lowest BCUT2D eigenvalue weighted by Crippen LogP contribution is -2.44. The molecule has 33 heavy (non-hydrogen) atoms. The van der Waals surface area contributed by atoms with Crippen LogP contribution in [0.4, 0.5) is 0 Å². The van der Waals surface area contributed by atoms with Crippen molar-refractivity contribution in [1.82, 2.24) is 14.6 Å². The molecular weight excluding hydrogens is 428 g/mol. The average molecular weight is 461 g/mol. The Kier molecular flexibility index (Phi) is 6.54. The number of rotatable bonds is 7. The second kappa shape index (κ2) is 9.09. The SMILES string of the molecule is CC(=O)Cc1ncnn2c([C@]3(C)O[C@H](COC(=O)CC4(N)CCCCC4)[C@@H](O)[C@H]3O)ccc12. The first-order chi connectivity index (χ1) is 15.6. The molecule has 2 aromatic heterocycles. The van der Waals surface area contributed by atoms with Crippen molar-refractivity contribution in [2.45, 2.75) is 88.2 Å². The molecule has 4 rings (SSSR count). The van der Waals surface area contributed by atoms with Gasteiger partial charge in [-0.2, -0.15) is 5.10 Å². The van der Waals surface area contributed by atoms with Gasteiger partial charge in [0, 0.05) is 5.54 Å². The number of hydrogen-bond donors (Lipinski definition) is 3. The Bertz CT molecular complexity index is 1030. The summed E-state index contributed by atoms with van der Waals surface area (Å²) in [7, 11) is 0. The smallest absolute Gasteiger partial charge is 0.307 e. The van der Waals surface area contributed by atoms with Crippen molar-refractivity contribution in [3.05, 3.63) is 29.8 Å². The molecule has 4 atom stereocenters. The molecule has 1 saturated heterocycles. The van der Waals surface area contributed by atoms with Crippen LogP contribution in [0.2, 0.25) is 0 Å². The topological polar surface area (TPSA) is 149 Å². The highest BCUT2D eigenvalue weighted by Crippen LogP contribution is 2.40. The van der Waals surface area contributed by atoms with Crippen LogP contribution in [-0.4, -0.2) is 67.0 Å². The molecule has 0 aromatic carbocycles. The second-order valence-electron chi connectivity index (χ2n) is 9.58. The van der Waals surface area contributed by atoms with E-state index in [1.54, 1.807) is 23.6 Å². The zero-order chi connectivity index (χ0) is 23.8. The van der Waals surface area contributed by atoms with Crippen LogP contribution in [0, 0.1) is 0 Å². The summed E-state index contributed by atoms with van der Waals surface area (Å²) in [6.45, 7) is 2.93.